The third-order valence-corrected chi connectivity index (χ3v) is 3.85. The van der Waals surface area contributed by atoms with E-state index in [9.17, 15) is 0 Å². The molecule has 1 rings (SSSR count). The van der Waals surface area contributed by atoms with Gasteiger partial charge in [-0.3, -0.25) is 0 Å². The summed E-state index contributed by atoms with van der Waals surface area (Å²) in [5.74, 6) is 0. The van der Waals surface area contributed by atoms with Gasteiger partial charge in [-0.15, -0.1) is 9.10 Å². The van der Waals surface area contributed by atoms with E-state index in [-0.39, 0.29) is 0 Å². The summed E-state index contributed by atoms with van der Waals surface area (Å²) in [5, 5.41) is 0. The molecule has 0 radical (unpaired) electrons. The van der Waals surface area contributed by atoms with E-state index in [2.05, 4.69) is 32.9 Å². The van der Waals surface area contributed by atoms with Crippen LogP contribution in [0.15, 0.2) is 30.3 Å². The van der Waals surface area contributed by atoms with Crippen LogP contribution in [0.2, 0.25) is 9.10 Å². The molecule has 0 fully saturated rings. The fourth-order valence-corrected chi connectivity index (χ4v) is 2.56. The van der Waals surface area contributed by atoms with E-state index in [4.69, 9.17) is 0 Å². The van der Waals surface area contributed by atoms with Gasteiger partial charge in [0.1, 0.15) is 0 Å². The van der Waals surface area contributed by atoms with Crippen LogP contribution >= 0.6 is 0 Å². The molecule has 0 nitrogen and oxygen atoms in total. The third-order valence-electron chi connectivity index (χ3n) is 2.15. The molecule has 0 saturated carbocycles. The molecule has 0 bridgehead atoms. The molecule has 14 heavy (non-hydrogen) atoms. The number of benzene rings is 1. The summed E-state index contributed by atoms with van der Waals surface area (Å²) in [6.45, 7) is 6.66. The zero-order valence-electron chi connectivity index (χ0n) is 9.92. The maximum absolute atomic E-state index is 2.31. The Labute approximate surface area is 98.8 Å². The second kappa shape index (κ2) is 11.1. The number of hydrogen-bond donors (Lipinski definition) is 0. The summed E-state index contributed by atoms with van der Waals surface area (Å²) >= 11 is 0.411. The third kappa shape index (κ3) is 10.1. The topological polar surface area (TPSA) is 0 Å². The molecule has 0 N–H and O–H groups in total. The lowest BCUT2D eigenvalue weighted by molar-refractivity contribution is 0.877. The van der Waals surface area contributed by atoms with E-state index in [1.54, 1.807) is 4.55 Å². The van der Waals surface area contributed by atoms with E-state index in [1.807, 2.05) is 18.2 Å². The molecule has 1 heteroatoms. The quantitative estimate of drug-likeness (QED) is 0.503. The molecule has 0 atom stereocenters. The van der Waals surface area contributed by atoms with Crippen molar-refractivity contribution in [2.24, 2.45) is 0 Å². The smallest absolute Gasteiger partial charge is 0.149 e. The van der Waals surface area contributed by atoms with Gasteiger partial charge in [-0.05, 0) is 6.92 Å². The van der Waals surface area contributed by atoms with Gasteiger partial charge in [-0.2, -0.15) is 0 Å². The Morgan fingerprint density at radius 2 is 1.71 bits per heavy atom. The second-order valence-electron chi connectivity index (χ2n) is 3.72. The molecule has 0 heterocycles. The Balaban J connectivity index is 0.000000241. The highest BCUT2D eigenvalue weighted by Crippen LogP contribution is 1.94. The average molecular weight is 203 g/mol. The van der Waals surface area contributed by atoms with Crippen LogP contribution in [-0.2, 0) is 0 Å². The van der Waals surface area contributed by atoms with Gasteiger partial charge in [-0.25, -0.2) is 0 Å². The van der Waals surface area contributed by atoms with Crippen molar-refractivity contribution in [2.45, 2.75) is 42.7 Å². The van der Waals surface area contributed by atoms with Gasteiger partial charge in [0.25, 0.3) is 0 Å². The molecule has 76 valence electrons. The SMILES string of the molecule is CCC[CH2][Mg][CH2]C.Cc1ccccc1. The molecule has 0 unspecified atom stereocenters. The van der Waals surface area contributed by atoms with Crippen LogP contribution < -0.4 is 0 Å². The molecule has 1 aromatic rings. The van der Waals surface area contributed by atoms with Gasteiger partial charge in [0.05, 0.1) is 0 Å². The first-order valence-electron chi connectivity index (χ1n) is 5.82. The van der Waals surface area contributed by atoms with Gasteiger partial charge >= 0.3 is 20.4 Å². The van der Waals surface area contributed by atoms with Crippen molar-refractivity contribution in [3.63, 3.8) is 0 Å². The van der Waals surface area contributed by atoms with Crippen LogP contribution in [0.25, 0.3) is 0 Å². The number of unbranched alkanes of at least 4 members (excludes halogenated alkanes) is 1. The average Bonchev–Trinajstić information content (AvgIpc) is 2.21. The minimum atomic E-state index is 0.411. The van der Waals surface area contributed by atoms with E-state index in [0.29, 0.717) is 20.4 Å². The Morgan fingerprint density at radius 3 is 2.07 bits per heavy atom. The van der Waals surface area contributed by atoms with Crippen LogP contribution in [0.1, 0.15) is 32.3 Å². The molecule has 0 saturated heterocycles. The minimum Gasteiger partial charge on any atom is -0.149 e. The Hall–Kier alpha value is -0.0138. The zero-order chi connectivity index (χ0) is 10.6. The molecule has 0 aliphatic rings. The minimum absolute atomic E-state index is 0.411. The van der Waals surface area contributed by atoms with Crippen molar-refractivity contribution in [3.05, 3.63) is 35.9 Å². The fourth-order valence-electron chi connectivity index (χ4n) is 1.21. The Morgan fingerprint density at radius 1 is 1.07 bits per heavy atom. The van der Waals surface area contributed by atoms with Crippen molar-refractivity contribution in [1.82, 2.24) is 0 Å². The predicted molar refractivity (Wildman–Crippen MR) is 67.1 cm³/mol. The van der Waals surface area contributed by atoms with Crippen LogP contribution in [0.5, 0.6) is 0 Å². The van der Waals surface area contributed by atoms with E-state index in [1.165, 1.54) is 23.0 Å². The number of rotatable bonds is 4. The second-order valence-corrected chi connectivity index (χ2v) is 6.13. The fraction of sp³-hybridized carbons (Fsp3) is 0.538. The number of aryl methyl sites for hydroxylation is 1. The number of hydrogen-bond acceptors (Lipinski definition) is 0. The highest BCUT2D eigenvalue weighted by atomic mass is 24.5. The van der Waals surface area contributed by atoms with Gasteiger partial charge in [-0.1, -0.05) is 62.6 Å². The van der Waals surface area contributed by atoms with Crippen LogP contribution in [0.3, 0.4) is 0 Å². The summed E-state index contributed by atoms with van der Waals surface area (Å²) in [7, 11) is 0. The van der Waals surface area contributed by atoms with Crippen LogP contribution in [0.4, 0.5) is 0 Å². The maximum Gasteiger partial charge on any atom is 0.363 e. The highest BCUT2D eigenvalue weighted by molar-refractivity contribution is 6.35. The summed E-state index contributed by atoms with van der Waals surface area (Å²) in [4.78, 5) is 0. The predicted octanol–water partition coefficient (Wildman–Crippen LogP) is 4.34. The van der Waals surface area contributed by atoms with Crippen molar-refractivity contribution in [1.29, 1.82) is 0 Å². The summed E-state index contributed by atoms with van der Waals surface area (Å²) in [6.07, 6.45) is 2.88. The van der Waals surface area contributed by atoms with Crippen molar-refractivity contribution >= 4 is 20.4 Å². The van der Waals surface area contributed by atoms with Crippen molar-refractivity contribution in [3.8, 4) is 0 Å². The van der Waals surface area contributed by atoms with Gasteiger partial charge in [0.15, 0.2) is 0 Å². The first-order valence-corrected chi connectivity index (χ1v) is 7.82. The van der Waals surface area contributed by atoms with E-state index >= 15 is 0 Å². The molecular formula is C13H22Mg. The maximum atomic E-state index is 2.31. The first-order chi connectivity index (χ1) is 6.81. The Kier molecular flexibility index (Phi) is 11.1. The normalized spacial score (nSPS) is 8.50. The van der Waals surface area contributed by atoms with Gasteiger partial charge in [0, 0.05) is 0 Å². The van der Waals surface area contributed by atoms with Crippen molar-refractivity contribution < 1.29 is 0 Å². The van der Waals surface area contributed by atoms with E-state index in [0.717, 1.165) is 0 Å². The summed E-state index contributed by atoms with van der Waals surface area (Å²) in [6, 6.07) is 10.3. The molecule has 0 aliphatic carbocycles. The van der Waals surface area contributed by atoms with Gasteiger partial charge in [0.2, 0.25) is 0 Å². The van der Waals surface area contributed by atoms with Crippen LogP contribution in [-0.4, -0.2) is 20.4 Å². The lowest BCUT2D eigenvalue weighted by Crippen LogP contribution is -1.82. The summed E-state index contributed by atoms with van der Waals surface area (Å²) in [5.41, 5.74) is 1.32. The van der Waals surface area contributed by atoms with Crippen molar-refractivity contribution in [2.75, 3.05) is 0 Å². The molecule has 1 aromatic carbocycles. The highest BCUT2D eigenvalue weighted by Gasteiger charge is 1.87. The molecule has 0 amide bonds. The monoisotopic (exact) mass is 202 g/mol. The molecule has 0 aromatic heterocycles. The molecule has 0 spiro atoms. The summed E-state index contributed by atoms with van der Waals surface area (Å²) < 4.78 is 3.08. The molecular weight excluding hydrogens is 180 g/mol. The lowest BCUT2D eigenvalue weighted by Gasteiger charge is -1.87. The first kappa shape index (κ1) is 14.0. The lowest BCUT2D eigenvalue weighted by atomic mass is 10.2. The molecule has 0 aliphatic heterocycles. The van der Waals surface area contributed by atoms with Crippen LogP contribution in [0, 0.1) is 6.92 Å². The van der Waals surface area contributed by atoms with Gasteiger partial charge < -0.3 is 0 Å². The standard InChI is InChI=1S/C7H8.C4H9.C2H5.Mg/c1-7-5-3-2-4-6-7;1-3-4-2;1-2;/h2-6H,1H3;1,3-4H2,2H3;1H2,2H3;. The zero-order valence-corrected chi connectivity index (χ0v) is 11.3. The Bertz CT molecular complexity index is 190. The largest absolute Gasteiger partial charge is 0.363 e. The van der Waals surface area contributed by atoms with E-state index < -0.39 is 0 Å².